The molecule has 3 aromatic carbocycles. The van der Waals surface area contributed by atoms with E-state index < -0.39 is 5.91 Å². The van der Waals surface area contributed by atoms with E-state index in [1.165, 1.54) is 4.70 Å². The maximum absolute atomic E-state index is 11.3. The lowest BCUT2D eigenvalue weighted by Gasteiger charge is -2.10. The Morgan fingerprint density at radius 2 is 1.64 bits per heavy atom. The fourth-order valence-corrected chi connectivity index (χ4v) is 6.18. The summed E-state index contributed by atoms with van der Waals surface area (Å²) < 4.78 is 4.30. The normalized spacial score (nSPS) is 11.2. The second-order valence-electron chi connectivity index (χ2n) is 7.16. The number of para-hydroxylation sites is 2. The predicted molar refractivity (Wildman–Crippen MR) is 135 cm³/mol. The molecule has 0 atom stereocenters. The van der Waals surface area contributed by atoms with E-state index in [0.29, 0.717) is 17.1 Å². The van der Waals surface area contributed by atoms with Gasteiger partial charge in [0.15, 0.2) is 9.50 Å². The molecule has 0 aliphatic rings. The molecule has 0 aliphatic heterocycles. The van der Waals surface area contributed by atoms with Gasteiger partial charge in [0, 0.05) is 17.0 Å². The van der Waals surface area contributed by atoms with Crippen LogP contribution < -0.4 is 5.73 Å². The van der Waals surface area contributed by atoms with Crippen molar-refractivity contribution in [1.29, 1.82) is 0 Å². The van der Waals surface area contributed by atoms with Gasteiger partial charge < -0.3 is 5.73 Å². The highest BCUT2D eigenvalue weighted by molar-refractivity contribution is 8.00. The van der Waals surface area contributed by atoms with Crippen molar-refractivity contribution in [3.05, 3.63) is 95.8 Å². The number of benzene rings is 3. The third-order valence-corrected chi connectivity index (χ3v) is 8.10. The number of nitrogens with zero attached hydrogens (tertiary/aromatic N) is 4. The summed E-state index contributed by atoms with van der Waals surface area (Å²) in [7, 11) is 0. The number of thiazole rings is 1. The number of thioether (sulfide) groups is 2. The van der Waals surface area contributed by atoms with Crippen LogP contribution in [0.25, 0.3) is 15.9 Å². The fourth-order valence-electron chi connectivity index (χ4n) is 3.28. The number of carbonyl (C=O) groups is 1. The summed E-state index contributed by atoms with van der Waals surface area (Å²) in [5.74, 6) is 1.82. The molecule has 5 rings (SSSR count). The summed E-state index contributed by atoms with van der Waals surface area (Å²) in [6.45, 7) is 0. The van der Waals surface area contributed by atoms with Crippen LogP contribution in [-0.2, 0) is 11.5 Å². The first-order valence-corrected chi connectivity index (χ1v) is 13.0. The summed E-state index contributed by atoms with van der Waals surface area (Å²) >= 11 is 4.97. The van der Waals surface area contributed by atoms with Crippen molar-refractivity contribution in [2.45, 2.75) is 21.0 Å². The molecule has 0 saturated carbocycles. The fraction of sp³-hybridized carbons (Fsp3) is 0.0833. The van der Waals surface area contributed by atoms with Crippen molar-refractivity contribution in [3.63, 3.8) is 0 Å². The van der Waals surface area contributed by atoms with Gasteiger partial charge in [-0.2, -0.15) is 0 Å². The van der Waals surface area contributed by atoms with Crippen LogP contribution in [0.1, 0.15) is 21.7 Å². The largest absolute Gasteiger partial charge is 0.366 e. The van der Waals surface area contributed by atoms with Crippen molar-refractivity contribution in [2.75, 3.05) is 0 Å². The molecule has 0 bridgehead atoms. The highest BCUT2D eigenvalue weighted by Crippen LogP contribution is 2.33. The maximum atomic E-state index is 11.3. The van der Waals surface area contributed by atoms with Gasteiger partial charge in [-0.05, 0) is 42.0 Å². The molecule has 2 N–H and O–H groups in total. The van der Waals surface area contributed by atoms with Crippen LogP contribution >= 0.6 is 34.9 Å². The van der Waals surface area contributed by atoms with Crippen molar-refractivity contribution < 1.29 is 4.79 Å². The van der Waals surface area contributed by atoms with Crippen LogP contribution in [-0.4, -0.2) is 25.7 Å². The Labute approximate surface area is 203 Å². The predicted octanol–water partition coefficient (Wildman–Crippen LogP) is 5.56. The molecule has 164 valence electrons. The van der Waals surface area contributed by atoms with Crippen molar-refractivity contribution in [3.8, 4) is 5.69 Å². The molecule has 0 radical (unpaired) electrons. The van der Waals surface area contributed by atoms with E-state index >= 15 is 0 Å². The van der Waals surface area contributed by atoms with E-state index in [0.717, 1.165) is 32.1 Å². The van der Waals surface area contributed by atoms with Crippen LogP contribution in [0, 0.1) is 0 Å². The Balaban J connectivity index is 1.37. The van der Waals surface area contributed by atoms with Gasteiger partial charge >= 0.3 is 0 Å². The number of rotatable bonds is 8. The lowest BCUT2D eigenvalue weighted by molar-refractivity contribution is 0.100. The SMILES string of the molecule is NC(=O)c1ccc(CSc2nnc(CSc3nc4ccccc4s3)n2-c2ccccc2)cc1. The van der Waals surface area contributed by atoms with Gasteiger partial charge in [0.2, 0.25) is 5.91 Å². The van der Waals surface area contributed by atoms with Gasteiger partial charge in [-0.25, -0.2) is 4.98 Å². The van der Waals surface area contributed by atoms with Crippen molar-refractivity contribution in [1.82, 2.24) is 19.7 Å². The first kappa shape index (κ1) is 21.7. The number of nitrogens with two attached hydrogens (primary N) is 1. The van der Waals surface area contributed by atoms with Gasteiger partial charge in [-0.15, -0.1) is 21.5 Å². The molecule has 2 aromatic heterocycles. The Morgan fingerprint density at radius 3 is 2.39 bits per heavy atom. The van der Waals surface area contributed by atoms with Crippen LogP contribution in [0.5, 0.6) is 0 Å². The maximum Gasteiger partial charge on any atom is 0.248 e. The van der Waals surface area contributed by atoms with E-state index in [2.05, 4.69) is 33.0 Å². The number of aromatic nitrogens is 4. The Hall–Kier alpha value is -3.14. The van der Waals surface area contributed by atoms with Crippen LogP contribution in [0.15, 0.2) is 88.4 Å². The lowest BCUT2D eigenvalue weighted by Crippen LogP contribution is -2.10. The van der Waals surface area contributed by atoms with E-state index in [9.17, 15) is 4.79 Å². The first-order valence-electron chi connectivity index (χ1n) is 10.2. The lowest BCUT2D eigenvalue weighted by atomic mass is 10.1. The zero-order valence-electron chi connectivity index (χ0n) is 17.4. The molecule has 1 amide bonds. The van der Waals surface area contributed by atoms with E-state index in [1.54, 1.807) is 47.0 Å². The number of carbonyl (C=O) groups excluding carboxylic acids is 1. The number of hydrogen-bond acceptors (Lipinski definition) is 7. The quantitative estimate of drug-likeness (QED) is 0.287. The molecule has 0 fully saturated rings. The number of primary amides is 1. The standard InChI is InChI=1S/C24H19N5OS3/c25-22(30)17-12-10-16(11-13-17)14-31-23-28-27-21(29(23)18-6-2-1-3-7-18)15-32-24-26-19-8-4-5-9-20(19)33-24/h1-13H,14-15H2,(H2,25,30). The zero-order valence-corrected chi connectivity index (χ0v) is 19.9. The summed E-state index contributed by atoms with van der Waals surface area (Å²) in [5, 5.41) is 9.80. The second kappa shape index (κ2) is 9.78. The molecule has 5 aromatic rings. The number of amides is 1. The highest BCUT2D eigenvalue weighted by atomic mass is 32.2. The minimum atomic E-state index is -0.423. The first-order chi connectivity index (χ1) is 16.2. The third-order valence-electron chi connectivity index (χ3n) is 4.92. The van der Waals surface area contributed by atoms with E-state index in [-0.39, 0.29) is 0 Å². The summed E-state index contributed by atoms with van der Waals surface area (Å²) in [6, 6.07) is 25.6. The molecule has 0 unspecified atom stereocenters. The van der Waals surface area contributed by atoms with Crippen LogP contribution in [0.3, 0.4) is 0 Å². The van der Waals surface area contributed by atoms with E-state index in [4.69, 9.17) is 10.7 Å². The zero-order chi connectivity index (χ0) is 22.6. The monoisotopic (exact) mass is 489 g/mol. The summed E-state index contributed by atoms with van der Waals surface area (Å²) in [5.41, 5.74) is 8.97. The van der Waals surface area contributed by atoms with Crippen LogP contribution in [0.4, 0.5) is 0 Å². The molecular formula is C24H19N5OS3. The van der Waals surface area contributed by atoms with E-state index in [1.807, 2.05) is 48.5 Å². The Morgan fingerprint density at radius 1 is 0.879 bits per heavy atom. The molecule has 9 heteroatoms. The second-order valence-corrected chi connectivity index (χ2v) is 10.4. The Bertz CT molecular complexity index is 1360. The molecular weight excluding hydrogens is 470 g/mol. The van der Waals surface area contributed by atoms with Crippen molar-refractivity contribution >= 4 is 51.0 Å². The summed E-state index contributed by atoms with van der Waals surface area (Å²) in [6.07, 6.45) is 0. The molecule has 0 aliphatic carbocycles. The highest BCUT2D eigenvalue weighted by Gasteiger charge is 2.16. The molecule has 0 saturated heterocycles. The average Bonchev–Trinajstić information content (AvgIpc) is 3.45. The third kappa shape index (κ3) is 4.95. The minimum absolute atomic E-state index is 0.423. The number of hydrogen-bond donors (Lipinski definition) is 1. The van der Waals surface area contributed by atoms with Gasteiger partial charge in [0.05, 0.1) is 16.0 Å². The molecule has 2 heterocycles. The van der Waals surface area contributed by atoms with Gasteiger partial charge in [0.1, 0.15) is 5.82 Å². The van der Waals surface area contributed by atoms with Gasteiger partial charge in [-0.3, -0.25) is 9.36 Å². The molecule has 6 nitrogen and oxygen atoms in total. The van der Waals surface area contributed by atoms with Crippen molar-refractivity contribution in [2.24, 2.45) is 5.73 Å². The average molecular weight is 490 g/mol. The van der Waals surface area contributed by atoms with Gasteiger partial charge in [-0.1, -0.05) is 66.0 Å². The summed E-state index contributed by atoms with van der Waals surface area (Å²) in [4.78, 5) is 16.0. The Kier molecular flexibility index (Phi) is 6.43. The molecule has 33 heavy (non-hydrogen) atoms. The number of fused-ring (bicyclic) bond motifs is 1. The topological polar surface area (TPSA) is 86.7 Å². The van der Waals surface area contributed by atoms with Crippen LogP contribution in [0.2, 0.25) is 0 Å². The molecule has 0 spiro atoms. The minimum Gasteiger partial charge on any atom is -0.366 e. The van der Waals surface area contributed by atoms with Gasteiger partial charge in [0.25, 0.3) is 0 Å². The smallest absolute Gasteiger partial charge is 0.248 e.